The monoisotopic (exact) mass is 268 g/mol. The maximum Gasteiger partial charge on any atom is 0.0585 e. The van der Waals surface area contributed by atoms with Crippen LogP contribution < -0.4 is 5.32 Å². The summed E-state index contributed by atoms with van der Waals surface area (Å²) < 4.78 is 0. The topological polar surface area (TPSA) is 35.5 Å². The van der Waals surface area contributed by atoms with Gasteiger partial charge in [-0.1, -0.05) is 19.8 Å². The zero-order valence-electron chi connectivity index (χ0n) is 12.6. The molecule has 1 aliphatic heterocycles. The second-order valence-electron chi connectivity index (χ2n) is 6.41. The first-order valence-corrected chi connectivity index (χ1v) is 8.43. The fourth-order valence-electron chi connectivity index (χ4n) is 3.93. The predicted molar refractivity (Wildman–Crippen MR) is 80.3 cm³/mol. The molecule has 0 aromatic heterocycles. The molecule has 0 bridgehead atoms. The number of hydrogen-bond donors (Lipinski definition) is 2. The number of nitrogens with one attached hydrogen (secondary N) is 1. The molecule has 2 rings (SSSR count). The van der Waals surface area contributed by atoms with Gasteiger partial charge < -0.3 is 15.3 Å². The molecule has 2 fully saturated rings. The summed E-state index contributed by atoms with van der Waals surface area (Å²) in [6.07, 6.45) is 10.9. The van der Waals surface area contributed by atoms with Gasteiger partial charge in [0.1, 0.15) is 0 Å². The van der Waals surface area contributed by atoms with Crippen molar-refractivity contribution in [2.45, 2.75) is 70.4 Å². The molecule has 2 unspecified atom stereocenters. The first-order chi connectivity index (χ1) is 9.35. The second kappa shape index (κ2) is 8.23. The molecule has 1 heterocycles. The summed E-state index contributed by atoms with van der Waals surface area (Å²) in [6, 6.07) is 1.15. The summed E-state index contributed by atoms with van der Waals surface area (Å²) in [6.45, 7) is 5.94. The van der Waals surface area contributed by atoms with Crippen LogP contribution in [0.5, 0.6) is 0 Å². The van der Waals surface area contributed by atoms with Crippen molar-refractivity contribution < 1.29 is 5.11 Å². The molecule has 3 nitrogen and oxygen atoms in total. The molecular weight excluding hydrogens is 236 g/mol. The van der Waals surface area contributed by atoms with Gasteiger partial charge in [-0.25, -0.2) is 0 Å². The van der Waals surface area contributed by atoms with Gasteiger partial charge in [-0.05, 0) is 57.5 Å². The van der Waals surface area contributed by atoms with E-state index in [1.165, 1.54) is 51.6 Å². The van der Waals surface area contributed by atoms with Crippen LogP contribution in [0.3, 0.4) is 0 Å². The summed E-state index contributed by atoms with van der Waals surface area (Å²) in [5, 5.41) is 12.9. The lowest BCUT2D eigenvalue weighted by Crippen LogP contribution is -2.40. The van der Waals surface area contributed by atoms with Crippen molar-refractivity contribution in [1.29, 1.82) is 0 Å². The molecule has 19 heavy (non-hydrogen) atoms. The van der Waals surface area contributed by atoms with Gasteiger partial charge in [0.2, 0.25) is 0 Å². The van der Waals surface area contributed by atoms with Crippen molar-refractivity contribution in [2.75, 3.05) is 26.2 Å². The third kappa shape index (κ3) is 4.44. The first-order valence-electron chi connectivity index (χ1n) is 8.43. The minimum absolute atomic E-state index is 0.280. The molecule has 0 aromatic rings. The van der Waals surface area contributed by atoms with Gasteiger partial charge >= 0.3 is 0 Å². The largest absolute Gasteiger partial charge is 0.395 e. The Balaban J connectivity index is 1.73. The van der Waals surface area contributed by atoms with Crippen LogP contribution in [-0.4, -0.2) is 48.3 Å². The average Bonchev–Trinajstić information content (AvgIpc) is 3.09. The van der Waals surface area contributed by atoms with E-state index in [-0.39, 0.29) is 6.61 Å². The van der Waals surface area contributed by atoms with E-state index in [1.54, 1.807) is 0 Å². The maximum absolute atomic E-state index is 9.42. The Morgan fingerprint density at radius 2 is 2.00 bits per heavy atom. The third-order valence-corrected chi connectivity index (χ3v) is 5.03. The molecule has 0 aromatic carbocycles. The van der Waals surface area contributed by atoms with Gasteiger partial charge in [0.05, 0.1) is 6.61 Å². The van der Waals surface area contributed by atoms with Gasteiger partial charge in [-0.3, -0.25) is 0 Å². The van der Waals surface area contributed by atoms with E-state index in [0.29, 0.717) is 6.04 Å². The van der Waals surface area contributed by atoms with Crippen molar-refractivity contribution in [2.24, 2.45) is 5.92 Å². The molecule has 0 radical (unpaired) electrons. The van der Waals surface area contributed by atoms with Crippen LogP contribution in [0, 0.1) is 5.92 Å². The van der Waals surface area contributed by atoms with Gasteiger partial charge in [-0.15, -0.1) is 0 Å². The smallest absolute Gasteiger partial charge is 0.0585 e. The number of aliphatic hydroxyl groups is 1. The molecule has 112 valence electrons. The van der Waals surface area contributed by atoms with Crippen LogP contribution >= 0.6 is 0 Å². The van der Waals surface area contributed by atoms with Crippen molar-refractivity contribution in [1.82, 2.24) is 10.2 Å². The van der Waals surface area contributed by atoms with E-state index in [1.807, 2.05) is 0 Å². The van der Waals surface area contributed by atoms with Crippen LogP contribution in [0.4, 0.5) is 0 Å². The van der Waals surface area contributed by atoms with E-state index in [4.69, 9.17) is 0 Å². The molecular formula is C16H32N2O. The molecule has 0 spiro atoms. The lowest BCUT2D eigenvalue weighted by molar-refractivity contribution is 0.167. The van der Waals surface area contributed by atoms with Crippen LogP contribution in [0.1, 0.15) is 58.3 Å². The molecule has 2 aliphatic rings. The van der Waals surface area contributed by atoms with Crippen LogP contribution in [-0.2, 0) is 0 Å². The Morgan fingerprint density at radius 1 is 1.21 bits per heavy atom. The summed E-state index contributed by atoms with van der Waals surface area (Å²) in [4.78, 5) is 2.71. The average molecular weight is 268 g/mol. The highest BCUT2D eigenvalue weighted by Crippen LogP contribution is 2.35. The van der Waals surface area contributed by atoms with Crippen molar-refractivity contribution in [3.8, 4) is 0 Å². The highest BCUT2D eigenvalue weighted by molar-refractivity contribution is 4.88. The normalized spacial score (nSPS) is 27.2. The molecule has 2 N–H and O–H groups in total. The third-order valence-electron chi connectivity index (χ3n) is 5.03. The minimum atomic E-state index is 0.280. The molecule has 1 saturated heterocycles. The van der Waals surface area contributed by atoms with Gasteiger partial charge in [0.15, 0.2) is 0 Å². The van der Waals surface area contributed by atoms with Gasteiger partial charge in [0, 0.05) is 18.6 Å². The Morgan fingerprint density at radius 3 is 2.68 bits per heavy atom. The quantitative estimate of drug-likeness (QED) is 0.709. The molecule has 1 saturated carbocycles. The molecule has 2 atom stereocenters. The van der Waals surface area contributed by atoms with Gasteiger partial charge in [-0.2, -0.15) is 0 Å². The number of aliphatic hydroxyl groups excluding tert-OH is 1. The summed E-state index contributed by atoms with van der Waals surface area (Å²) in [7, 11) is 0. The van der Waals surface area contributed by atoms with E-state index >= 15 is 0 Å². The van der Waals surface area contributed by atoms with Crippen LogP contribution in [0.25, 0.3) is 0 Å². The van der Waals surface area contributed by atoms with E-state index < -0.39 is 0 Å². The Kier molecular flexibility index (Phi) is 6.62. The number of hydrogen-bond acceptors (Lipinski definition) is 3. The Labute approximate surface area is 118 Å². The SMILES string of the molecule is CCCNC(CO)CCN1CCCC1C1CCCC1. The van der Waals surface area contributed by atoms with Crippen molar-refractivity contribution >= 4 is 0 Å². The summed E-state index contributed by atoms with van der Waals surface area (Å²) in [5.74, 6) is 0.971. The summed E-state index contributed by atoms with van der Waals surface area (Å²) >= 11 is 0. The lowest BCUT2D eigenvalue weighted by Gasteiger charge is -2.30. The van der Waals surface area contributed by atoms with Crippen molar-refractivity contribution in [3.05, 3.63) is 0 Å². The number of nitrogens with zero attached hydrogens (tertiary/aromatic N) is 1. The standard InChI is InChI=1S/C16H32N2O/c1-2-10-17-15(13-19)9-12-18-11-5-8-16(18)14-6-3-4-7-14/h14-17,19H,2-13H2,1H3. The summed E-state index contributed by atoms with van der Waals surface area (Å²) in [5.41, 5.74) is 0. The zero-order valence-corrected chi connectivity index (χ0v) is 12.6. The first kappa shape index (κ1) is 15.3. The second-order valence-corrected chi connectivity index (χ2v) is 6.41. The molecule has 0 amide bonds. The molecule has 3 heteroatoms. The predicted octanol–water partition coefficient (Wildman–Crippen LogP) is 2.39. The lowest BCUT2D eigenvalue weighted by atomic mass is 9.96. The van der Waals surface area contributed by atoms with E-state index in [2.05, 4.69) is 17.1 Å². The highest BCUT2D eigenvalue weighted by Gasteiger charge is 2.32. The minimum Gasteiger partial charge on any atom is -0.395 e. The number of likely N-dealkylation sites (tertiary alicyclic amines) is 1. The molecule has 1 aliphatic carbocycles. The fourth-order valence-corrected chi connectivity index (χ4v) is 3.93. The number of rotatable bonds is 8. The van der Waals surface area contributed by atoms with Gasteiger partial charge in [0.25, 0.3) is 0 Å². The Bertz CT molecular complexity index is 241. The maximum atomic E-state index is 9.42. The Hall–Kier alpha value is -0.120. The van der Waals surface area contributed by atoms with Crippen LogP contribution in [0.2, 0.25) is 0 Å². The van der Waals surface area contributed by atoms with Crippen LogP contribution in [0.15, 0.2) is 0 Å². The zero-order chi connectivity index (χ0) is 13.5. The fraction of sp³-hybridized carbons (Fsp3) is 1.00. The van der Waals surface area contributed by atoms with Crippen molar-refractivity contribution in [3.63, 3.8) is 0 Å². The van der Waals surface area contributed by atoms with E-state index in [9.17, 15) is 5.11 Å². The van der Waals surface area contributed by atoms with E-state index in [0.717, 1.165) is 31.3 Å². The highest BCUT2D eigenvalue weighted by atomic mass is 16.3.